The molecular weight excluding hydrogens is 276 g/mol. The van der Waals surface area contributed by atoms with Crippen molar-refractivity contribution in [1.29, 1.82) is 0 Å². The van der Waals surface area contributed by atoms with Crippen LogP contribution in [-0.2, 0) is 14.3 Å². The summed E-state index contributed by atoms with van der Waals surface area (Å²) >= 11 is 0. The van der Waals surface area contributed by atoms with Crippen molar-refractivity contribution in [3.05, 3.63) is 84.3 Å². The minimum Gasteiger partial charge on any atom is -0.504 e. The summed E-state index contributed by atoms with van der Waals surface area (Å²) in [7, 11) is 1.64. The van der Waals surface area contributed by atoms with E-state index in [2.05, 4.69) is 4.74 Å². The quantitative estimate of drug-likeness (QED) is 0.614. The van der Waals surface area contributed by atoms with Crippen LogP contribution in [0, 0.1) is 0 Å². The van der Waals surface area contributed by atoms with Crippen molar-refractivity contribution >= 4 is 18.1 Å². The number of carbonyl (C=O) groups excluding carboxylic acids is 1. The molecule has 0 fully saturated rings. The van der Waals surface area contributed by atoms with Crippen molar-refractivity contribution in [1.82, 2.24) is 0 Å². The predicted octanol–water partition coefficient (Wildman–Crippen LogP) is 4.52. The molecule has 22 heavy (non-hydrogen) atoms. The zero-order valence-corrected chi connectivity index (χ0v) is 12.8. The predicted molar refractivity (Wildman–Crippen MR) is 89.7 cm³/mol. The minimum atomic E-state index is -0.304. The summed E-state index contributed by atoms with van der Waals surface area (Å²) in [5.74, 6) is -0.304. The van der Waals surface area contributed by atoms with Gasteiger partial charge in [-0.3, -0.25) is 4.79 Å². The highest BCUT2D eigenvalue weighted by Crippen LogP contribution is 2.01. The smallest absolute Gasteiger partial charge is 0.307 e. The first-order valence-electron chi connectivity index (χ1n) is 6.85. The van der Waals surface area contributed by atoms with Crippen molar-refractivity contribution in [2.45, 2.75) is 6.92 Å². The molecule has 0 aliphatic heterocycles. The molecule has 2 aromatic carbocycles. The molecule has 0 N–H and O–H groups in total. The van der Waals surface area contributed by atoms with Gasteiger partial charge in [0.15, 0.2) is 0 Å². The van der Waals surface area contributed by atoms with E-state index in [0.29, 0.717) is 0 Å². The average molecular weight is 296 g/mol. The Morgan fingerprint density at radius 1 is 0.818 bits per heavy atom. The molecule has 0 heterocycles. The summed E-state index contributed by atoms with van der Waals surface area (Å²) < 4.78 is 9.39. The topological polar surface area (TPSA) is 35.5 Å². The van der Waals surface area contributed by atoms with Crippen molar-refractivity contribution in [3.8, 4) is 0 Å². The van der Waals surface area contributed by atoms with Gasteiger partial charge in [0.2, 0.25) is 0 Å². The maximum Gasteiger partial charge on any atom is 0.307 e. The van der Waals surface area contributed by atoms with E-state index in [1.165, 1.54) is 13.2 Å². The van der Waals surface area contributed by atoms with Gasteiger partial charge in [0.25, 0.3) is 0 Å². The molecule has 0 atom stereocenters. The summed E-state index contributed by atoms with van der Waals surface area (Å²) in [5, 5.41) is 0. The Morgan fingerprint density at radius 3 is 1.68 bits per heavy atom. The molecule has 0 unspecified atom stereocenters. The highest BCUT2D eigenvalue weighted by Gasteiger charge is 1.85. The van der Waals surface area contributed by atoms with Gasteiger partial charge in [-0.15, -0.1) is 0 Å². The summed E-state index contributed by atoms with van der Waals surface area (Å²) in [6.07, 6.45) is 6.70. The minimum absolute atomic E-state index is 0.304. The van der Waals surface area contributed by atoms with E-state index in [1.807, 2.05) is 66.7 Å². The molecular formula is C19H20O3. The Balaban J connectivity index is 0.000000224. The molecule has 0 aromatic heterocycles. The van der Waals surface area contributed by atoms with Crippen LogP contribution in [0.15, 0.2) is 73.2 Å². The molecule has 0 aliphatic carbocycles. The Kier molecular flexibility index (Phi) is 8.56. The Morgan fingerprint density at radius 2 is 1.27 bits per heavy atom. The van der Waals surface area contributed by atoms with Crippen molar-refractivity contribution in [2.24, 2.45) is 0 Å². The van der Waals surface area contributed by atoms with E-state index < -0.39 is 0 Å². The number of methoxy groups -OCH3 is 1. The van der Waals surface area contributed by atoms with Crippen LogP contribution in [0.3, 0.4) is 0 Å². The summed E-state index contributed by atoms with van der Waals surface area (Å²) in [5.41, 5.74) is 2.17. The number of esters is 1. The van der Waals surface area contributed by atoms with Crippen LogP contribution in [0.1, 0.15) is 18.1 Å². The molecule has 0 aliphatic rings. The standard InChI is InChI=1S/C10H10O2.C9H10O/c1-9(11)12-8-7-10-5-3-2-4-6-10;1-10-8-7-9-5-3-2-4-6-9/h2-8H,1H3;2-8H,1H3. The maximum absolute atomic E-state index is 10.4. The zero-order chi connectivity index (χ0) is 16.0. The number of carbonyl (C=O) groups is 1. The lowest BCUT2D eigenvalue weighted by Gasteiger charge is -1.91. The average Bonchev–Trinajstić information content (AvgIpc) is 2.55. The first-order valence-corrected chi connectivity index (χ1v) is 6.85. The molecule has 2 aromatic rings. The van der Waals surface area contributed by atoms with Crippen LogP contribution in [-0.4, -0.2) is 13.1 Å². The van der Waals surface area contributed by atoms with Crippen molar-refractivity contribution in [3.63, 3.8) is 0 Å². The summed E-state index contributed by atoms with van der Waals surface area (Å²) in [4.78, 5) is 10.4. The van der Waals surface area contributed by atoms with E-state index in [4.69, 9.17) is 4.74 Å². The maximum atomic E-state index is 10.4. The van der Waals surface area contributed by atoms with Gasteiger partial charge in [0.1, 0.15) is 0 Å². The van der Waals surface area contributed by atoms with E-state index in [-0.39, 0.29) is 5.97 Å². The molecule has 0 radical (unpaired) electrons. The fraction of sp³-hybridized carbons (Fsp3) is 0.105. The van der Waals surface area contributed by atoms with Crippen LogP contribution < -0.4 is 0 Å². The Labute approximate surface area is 131 Å². The summed E-state index contributed by atoms with van der Waals surface area (Å²) in [6, 6.07) is 19.7. The van der Waals surface area contributed by atoms with Crippen LogP contribution in [0.25, 0.3) is 12.2 Å². The van der Waals surface area contributed by atoms with Crippen LogP contribution in [0.5, 0.6) is 0 Å². The Hall–Kier alpha value is -2.81. The third kappa shape index (κ3) is 8.38. The third-order valence-corrected chi connectivity index (χ3v) is 2.49. The number of hydrogen-bond donors (Lipinski definition) is 0. The molecule has 0 saturated carbocycles. The lowest BCUT2D eigenvalue weighted by atomic mass is 10.2. The molecule has 0 saturated heterocycles. The number of ether oxygens (including phenoxy) is 2. The van der Waals surface area contributed by atoms with Crippen LogP contribution in [0.2, 0.25) is 0 Å². The van der Waals surface area contributed by atoms with Gasteiger partial charge in [-0.25, -0.2) is 0 Å². The molecule has 0 bridgehead atoms. The fourth-order valence-electron chi connectivity index (χ4n) is 1.48. The molecule has 0 spiro atoms. The molecule has 0 amide bonds. The molecule has 114 valence electrons. The lowest BCUT2D eigenvalue weighted by Crippen LogP contribution is -1.88. The van der Waals surface area contributed by atoms with Crippen molar-refractivity contribution in [2.75, 3.05) is 7.11 Å². The van der Waals surface area contributed by atoms with Crippen LogP contribution >= 0.6 is 0 Å². The van der Waals surface area contributed by atoms with E-state index in [0.717, 1.165) is 11.1 Å². The highest BCUT2D eigenvalue weighted by molar-refractivity contribution is 5.67. The zero-order valence-electron chi connectivity index (χ0n) is 12.8. The molecule has 3 nitrogen and oxygen atoms in total. The van der Waals surface area contributed by atoms with E-state index in [1.54, 1.807) is 19.4 Å². The largest absolute Gasteiger partial charge is 0.504 e. The number of benzene rings is 2. The fourth-order valence-corrected chi connectivity index (χ4v) is 1.48. The normalized spacial score (nSPS) is 10.1. The second-order valence-electron chi connectivity index (χ2n) is 4.27. The first-order chi connectivity index (χ1) is 10.7. The van der Waals surface area contributed by atoms with Gasteiger partial charge in [-0.1, -0.05) is 60.7 Å². The van der Waals surface area contributed by atoms with Crippen LogP contribution in [0.4, 0.5) is 0 Å². The monoisotopic (exact) mass is 296 g/mol. The lowest BCUT2D eigenvalue weighted by molar-refractivity contribution is -0.135. The van der Waals surface area contributed by atoms with E-state index in [9.17, 15) is 4.79 Å². The third-order valence-electron chi connectivity index (χ3n) is 2.49. The van der Waals surface area contributed by atoms with Gasteiger partial charge < -0.3 is 9.47 Å². The molecule has 2 rings (SSSR count). The second kappa shape index (κ2) is 10.9. The van der Waals surface area contributed by atoms with Gasteiger partial charge in [0, 0.05) is 6.92 Å². The Bertz CT molecular complexity index is 587. The highest BCUT2D eigenvalue weighted by atomic mass is 16.5. The second-order valence-corrected chi connectivity index (χ2v) is 4.27. The number of rotatable bonds is 4. The number of hydrogen-bond acceptors (Lipinski definition) is 3. The van der Waals surface area contributed by atoms with Gasteiger partial charge in [0.05, 0.1) is 19.6 Å². The van der Waals surface area contributed by atoms with Gasteiger partial charge in [-0.05, 0) is 23.3 Å². The first kappa shape index (κ1) is 17.2. The van der Waals surface area contributed by atoms with Gasteiger partial charge in [-0.2, -0.15) is 0 Å². The van der Waals surface area contributed by atoms with Crippen molar-refractivity contribution < 1.29 is 14.3 Å². The van der Waals surface area contributed by atoms with Gasteiger partial charge >= 0.3 is 5.97 Å². The SMILES string of the molecule is CC(=O)OC=Cc1ccccc1.COC=Cc1ccccc1. The van der Waals surface area contributed by atoms with E-state index >= 15 is 0 Å². The molecule has 3 heteroatoms. The summed E-state index contributed by atoms with van der Waals surface area (Å²) in [6.45, 7) is 1.37.